The van der Waals surface area contributed by atoms with E-state index in [0.717, 1.165) is 25.9 Å². The molecule has 94 valence electrons. The average Bonchev–Trinajstić information content (AvgIpc) is 2.82. The standard InChI is InChI=1S/C13H19NO2S/c1-11-10-14(7-8-16-11)13(15)6-2-4-12-5-3-9-17-12/h3,5,9,11H,2,4,6-8,10H2,1H3/t11-/m1/s1. The molecule has 0 radical (unpaired) electrons. The van der Waals surface area contributed by atoms with E-state index >= 15 is 0 Å². The van der Waals surface area contributed by atoms with Crippen molar-refractivity contribution in [3.05, 3.63) is 22.4 Å². The first-order chi connectivity index (χ1) is 8.25. The molecule has 1 aromatic rings. The summed E-state index contributed by atoms with van der Waals surface area (Å²) in [4.78, 5) is 15.2. The van der Waals surface area contributed by atoms with Gasteiger partial charge in [0, 0.05) is 24.4 Å². The van der Waals surface area contributed by atoms with Crippen molar-refractivity contribution < 1.29 is 9.53 Å². The van der Waals surface area contributed by atoms with Crippen molar-refractivity contribution in [3.8, 4) is 0 Å². The largest absolute Gasteiger partial charge is 0.375 e. The molecular formula is C13H19NO2S. The fourth-order valence-corrected chi connectivity index (χ4v) is 2.82. The zero-order valence-electron chi connectivity index (χ0n) is 10.2. The zero-order valence-corrected chi connectivity index (χ0v) is 11.0. The van der Waals surface area contributed by atoms with E-state index < -0.39 is 0 Å². The molecule has 1 aromatic heterocycles. The molecular weight excluding hydrogens is 234 g/mol. The highest BCUT2D eigenvalue weighted by Gasteiger charge is 2.20. The Morgan fingerprint density at radius 3 is 3.24 bits per heavy atom. The molecule has 0 bridgehead atoms. The summed E-state index contributed by atoms with van der Waals surface area (Å²) >= 11 is 1.77. The Hall–Kier alpha value is -0.870. The van der Waals surface area contributed by atoms with Crippen LogP contribution in [0.15, 0.2) is 17.5 Å². The van der Waals surface area contributed by atoms with Crippen molar-refractivity contribution in [2.45, 2.75) is 32.3 Å². The number of hydrogen-bond acceptors (Lipinski definition) is 3. The van der Waals surface area contributed by atoms with Crippen molar-refractivity contribution in [3.63, 3.8) is 0 Å². The molecule has 3 nitrogen and oxygen atoms in total. The van der Waals surface area contributed by atoms with Crippen LogP contribution in [0.2, 0.25) is 0 Å². The van der Waals surface area contributed by atoms with Crippen LogP contribution < -0.4 is 0 Å². The summed E-state index contributed by atoms with van der Waals surface area (Å²) in [6, 6.07) is 4.19. The summed E-state index contributed by atoms with van der Waals surface area (Å²) in [7, 11) is 0. The van der Waals surface area contributed by atoms with Crippen LogP contribution in [0.1, 0.15) is 24.6 Å². The SMILES string of the molecule is C[C@@H]1CN(C(=O)CCCc2cccs2)CCO1. The number of hydrogen-bond donors (Lipinski definition) is 0. The third-order valence-electron chi connectivity index (χ3n) is 2.99. The quantitative estimate of drug-likeness (QED) is 0.824. The Balaban J connectivity index is 1.70. The lowest BCUT2D eigenvalue weighted by Gasteiger charge is -2.31. The number of nitrogens with zero attached hydrogens (tertiary/aromatic N) is 1. The molecule has 0 aliphatic carbocycles. The molecule has 1 atom stereocenters. The highest BCUT2D eigenvalue weighted by molar-refractivity contribution is 7.09. The Labute approximate surface area is 106 Å². The monoisotopic (exact) mass is 253 g/mol. The number of rotatable bonds is 4. The molecule has 1 aliphatic heterocycles. The third kappa shape index (κ3) is 3.82. The number of carbonyl (C=O) groups is 1. The van der Waals surface area contributed by atoms with E-state index in [4.69, 9.17) is 4.74 Å². The van der Waals surface area contributed by atoms with Gasteiger partial charge in [-0.1, -0.05) is 6.07 Å². The number of carbonyl (C=O) groups excluding carboxylic acids is 1. The second-order valence-corrected chi connectivity index (χ2v) is 5.49. The Kier molecular flexibility index (Phi) is 4.57. The molecule has 1 aliphatic rings. The van der Waals surface area contributed by atoms with Gasteiger partial charge in [0.2, 0.25) is 5.91 Å². The molecule has 2 rings (SSSR count). The summed E-state index contributed by atoms with van der Waals surface area (Å²) in [6.07, 6.45) is 2.81. The first-order valence-corrected chi connectivity index (χ1v) is 7.05. The highest BCUT2D eigenvalue weighted by Crippen LogP contribution is 2.13. The van der Waals surface area contributed by atoms with Gasteiger partial charge in [-0.15, -0.1) is 11.3 Å². The third-order valence-corrected chi connectivity index (χ3v) is 3.92. The van der Waals surface area contributed by atoms with Crippen LogP contribution in [0.25, 0.3) is 0 Å². The molecule has 4 heteroatoms. The molecule has 0 saturated carbocycles. The number of thiophene rings is 1. The second-order valence-electron chi connectivity index (χ2n) is 4.45. The molecule has 2 heterocycles. The van der Waals surface area contributed by atoms with Crippen LogP contribution >= 0.6 is 11.3 Å². The van der Waals surface area contributed by atoms with Crippen molar-refractivity contribution >= 4 is 17.2 Å². The summed E-state index contributed by atoms with van der Waals surface area (Å²) < 4.78 is 5.43. The topological polar surface area (TPSA) is 29.5 Å². The molecule has 0 aromatic carbocycles. The van der Waals surface area contributed by atoms with E-state index in [0.29, 0.717) is 13.0 Å². The highest BCUT2D eigenvalue weighted by atomic mass is 32.1. The predicted molar refractivity (Wildman–Crippen MR) is 69.3 cm³/mol. The van der Waals surface area contributed by atoms with Gasteiger partial charge in [0.05, 0.1) is 12.7 Å². The molecule has 1 fully saturated rings. The zero-order chi connectivity index (χ0) is 12.1. The van der Waals surface area contributed by atoms with E-state index in [1.807, 2.05) is 11.8 Å². The van der Waals surface area contributed by atoms with Gasteiger partial charge in [-0.05, 0) is 31.2 Å². The smallest absolute Gasteiger partial charge is 0.222 e. The van der Waals surface area contributed by atoms with Crippen LogP contribution in [0.4, 0.5) is 0 Å². The Bertz CT molecular complexity index is 350. The number of amides is 1. The summed E-state index contributed by atoms with van der Waals surface area (Å²) in [6.45, 7) is 4.20. The first kappa shape index (κ1) is 12.6. The van der Waals surface area contributed by atoms with E-state index in [9.17, 15) is 4.79 Å². The van der Waals surface area contributed by atoms with Gasteiger partial charge in [-0.2, -0.15) is 0 Å². The van der Waals surface area contributed by atoms with E-state index in [-0.39, 0.29) is 12.0 Å². The molecule has 0 N–H and O–H groups in total. The van der Waals surface area contributed by atoms with Crippen LogP contribution in [-0.2, 0) is 16.0 Å². The van der Waals surface area contributed by atoms with Gasteiger partial charge < -0.3 is 9.64 Å². The molecule has 0 unspecified atom stereocenters. The fourth-order valence-electron chi connectivity index (χ4n) is 2.07. The minimum atomic E-state index is 0.185. The van der Waals surface area contributed by atoms with Gasteiger partial charge in [0.15, 0.2) is 0 Å². The van der Waals surface area contributed by atoms with Crippen LogP contribution in [-0.4, -0.2) is 36.6 Å². The molecule has 0 spiro atoms. The lowest BCUT2D eigenvalue weighted by molar-refractivity contribution is -0.138. The minimum absolute atomic E-state index is 0.185. The van der Waals surface area contributed by atoms with Gasteiger partial charge in [0.1, 0.15) is 0 Å². The number of aryl methyl sites for hydroxylation is 1. The Morgan fingerprint density at radius 1 is 1.65 bits per heavy atom. The molecule has 1 amide bonds. The predicted octanol–water partition coefficient (Wildman–Crippen LogP) is 2.32. The van der Waals surface area contributed by atoms with Crippen LogP contribution in [0.3, 0.4) is 0 Å². The average molecular weight is 253 g/mol. The first-order valence-electron chi connectivity index (χ1n) is 6.17. The van der Waals surface area contributed by atoms with Gasteiger partial charge >= 0.3 is 0 Å². The van der Waals surface area contributed by atoms with Crippen molar-refractivity contribution in [1.82, 2.24) is 4.90 Å². The normalized spacial score (nSPS) is 20.5. The minimum Gasteiger partial charge on any atom is -0.375 e. The summed E-state index contributed by atoms with van der Waals surface area (Å²) in [5.41, 5.74) is 0. The van der Waals surface area contributed by atoms with Gasteiger partial charge in [-0.3, -0.25) is 4.79 Å². The lowest BCUT2D eigenvalue weighted by Crippen LogP contribution is -2.44. The molecule has 17 heavy (non-hydrogen) atoms. The van der Waals surface area contributed by atoms with Crippen molar-refractivity contribution in [1.29, 1.82) is 0 Å². The number of morpholine rings is 1. The number of ether oxygens (including phenoxy) is 1. The Morgan fingerprint density at radius 2 is 2.53 bits per heavy atom. The van der Waals surface area contributed by atoms with Crippen molar-refractivity contribution in [2.75, 3.05) is 19.7 Å². The van der Waals surface area contributed by atoms with E-state index in [1.165, 1.54) is 4.88 Å². The lowest BCUT2D eigenvalue weighted by atomic mass is 10.2. The van der Waals surface area contributed by atoms with Crippen molar-refractivity contribution in [2.24, 2.45) is 0 Å². The summed E-state index contributed by atoms with van der Waals surface area (Å²) in [5.74, 6) is 0.275. The van der Waals surface area contributed by atoms with Crippen LogP contribution in [0, 0.1) is 0 Å². The maximum Gasteiger partial charge on any atom is 0.222 e. The van der Waals surface area contributed by atoms with Gasteiger partial charge in [0.25, 0.3) is 0 Å². The van der Waals surface area contributed by atoms with E-state index in [1.54, 1.807) is 11.3 Å². The second kappa shape index (κ2) is 6.17. The molecule has 1 saturated heterocycles. The fraction of sp³-hybridized carbons (Fsp3) is 0.615. The van der Waals surface area contributed by atoms with E-state index in [2.05, 4.69) is 17.5 Å². The maximum atomic E-state index is 11.9. The maximum absolute atomic E-state index is 11.9. The van der Waals surface area contributed by atoms with Crippen LogP contribution in [0.5, 0.6) is 0 Å². The van der Waals surface area contributed by atoms with Gasteiger partial charge in [-0.25, -0.2) is 0 Å². The summed E-state index contributed by atoms with van der Waals surface area (Å²) in [5, 5.41) is 2.08.